The summed E-state index contributed by atoms with van der Waals surface area (Å²) in [5, 5.41) is 3.23. The van der Waals surface area contributed by atoms with Crippen LogP contribution in [-0.4, -0.2) is 31.1 Å². The molecule has 3 fully saturated rings. The molecule has 7 atom stereocenters. The molecule has 1 aromatic rings. The van der Waals surface area contributed by atoms with Gasteiger partial charge in [-0.15, -0.1) is 0 Å². The minimum Gasteiger partial charge on any atom is -0.464 e. The summed E-state index contributed by atoms with van der Waals surface area (Å²) in [5.41, 5.74) is 1.36. The third-order valence-electron chi connectivity index (χ3n) is 9.66. The zero-order valence-electron chi connectivity index (χ0n) is 19.9. The van der Waals surface area contributed by atoms with Crippen LogP contribution in [0.1, 0.15) is 57.9 Å². The van der Waals surface area contributed by atoms with Crippen molar-refractivity contribution in [1.29, 1.82) is 0 Å². The van der Waals surface area contributed by atoms with Crippen molar-refractivity contribution in [3.8, 4) is 0 Å². The lowest BCUT2D eigenvalue weighted by Crippen LogP contribution is -2.59. The lowest BCUT2D eigenvalue weighted by atomic mass is 9.48. The zero-order valence-corrected chi connectivity index (χ0v) is 19.9. The Morgan fingerprint density at radius 1 is 1.06 bits per heavy atom. The van der Waals surface area contributed by atoms with Crippen LogP contribution < -0.4 is 5.32 Å². The molecular formula is C28H37NO4. The van der Waals surface area contributed by atoms with Crippen molar-refractivity contribution >= 4 is 11.9 Å². The van der Waals surface area contributed by atoms with E-state index in [9.17, 15) is 9.59 Å². The first-order valence-electron chi connectivity index (χ1n) is 12.7. The van der Waals surface area contributed by atoms with Crippen LogP contribution in [0.2, 0.25) is 0 Å². The van der Waals surface area contributed by atoms with Crippen molar-refractivity contribution in [2.75, 3.05) is 13.2 Å². The van der Waals surface area contributed by atoms with Gasteiger partial charge in [-0.25, -0.2) is 4.79 Å². The summed E-state index contributed by atoms with van der Waals surface area (Å²) in [5.74, 6) is 2.22. The second-order valence-corrected chi connectivity index (χ2v) is 11.2. The van der Waals surface area contributed by atoms with E-state index in [2.05, 4.69) is 25.2 Å². The molecule has 4 unspecified atom stereocenters. The minimum atomic E-state index is -0.261. The predicted molar refractivity (Wildman–Crippen MR) is 126 cm³/mol. The van der Waals surface area contributed by atoms with Gasteiger partial charge < -0.3 is 14.8 Å². The lowest BCUT2D eigenvalue weighted by molar-refractivity contribution is -0.153. The fourth-order valence-corrected chi connectivity index (χ4v) is 7.78. The first-order valence-corrected chi connectivity index (χ1v) is 12.7. The third kappa shape index (κ3) is 4.14. The van der Waals surface area contributed by atoms with Crippen molar-refractivity contribution < 1.29 is 19.1 Å². The maximum atomic E-state index is 12.3. The van der Waals surface area contributed by atoms with Crippen LogP contribution >= 0.6 is 0 Å². The van der Waals surface area contributed by atoms with Crippen molar-refractivity contribution in [2.45, 2.75) is 65.0 Å². The Bertz CT molecular complexity index is 914. The number of amides is 1. The number of hydrogen-bond donors (Lipinski definition) is 1. The molecule has 0 bridgehead atoms. The zero-order chi connectivity index (χ0) is 23.1. The summed E-state index contributed by atoms with van der Waals surface area (Å²) in [4.78, 5) is 24.2. The molecule has 33 heavy (non-hydrogen) atoms. The topological polar surface area (TPSA) is 64.6 Å². The summed E-state index contributed by atoms with van der Waals surface area (Å²) in [6, 6.07) is 10.2. The molecule has 4 aliphatic rings. The van der Waals surface area contributed by atoms with Gasteiger partial charge in [0.15, 0.2) is 0 Å². The SMILES string of the molecule is C[C@]12C=CC(=O)NC1CCC1C2CC[C@@]2(C)C1CC[C@@H]2COC(=O)COCc1ccccc1. The number of carbonyl (C=O) groups is 2. The molecule has 0 spiro atoms. The number of nitrogens with one attached hydrogen (secondary N) is 1. The first-order chi connectivity index (χ1) is 15.9. The maximum absolute atomic E-state index is 12.3. The number of carbonyl (C=O) groups excluding carboxylic acids is 2. The average Bonchev–Trinajstić information content (AvgIpc) is 3.15. The molecule has 0 saturated heterocycles. The molecule has 5 heteroatoms. The summed E-state index contributed by atoms with van der Waals surface area (Å²) in [7, 11) is 0. The standard InChI is InChI=1S/C28H37NO4/c1-27-14-12-23-21(9-11-24-28(23,2)15-13-25(30)29-24)22(27)10-8-20(27)17-33-26(31)18-32-16-19-6-4-3-5-7-19/h3-7,13,15,20-24H,8-12,14,16-18H2,1-2H3,(H,29,30)/t20-,21?,22?,23?,24?,27-,28-/m1/s1. The van der Waals surface area contributed by atoms with E-state index in [1.165, 1.54) is 25.7 Å². The molecule has 0 radical (unpaired) electrons. The van der Waals surface area contributed by atoms with Crippen LogP contribution in [0.4, 0.5) is 0 Å². The van der Waals surface area contributed by atoms with Gasteiger partial charge >= 0.3 is 5.97 Å². The summed E-state index contributed by atoms with van der Waals surface area (Å²) in [6.45, 7) is 5.74. The average molecular weight is 452 g/mol. The van der Waals surface area contributed by atoms with Crippen molar-refractivity contribution in [3.05, 3.63) is 48.0 Å². The smallest absolute Gasteiger partial charge is 0.332 e. The number of ether oxygens (including phenoxy) is 2. The largest absolute Gasteiger partial charge is 0.464 e. The monoisotopic (exact) mass is 451 g/mol. The number of rotatable bonds is 6. The molecule has 1 aromatic carbocycles. The van der Waals surface area contributed by atoms with E-state index < -0.39 is 0 Å². The van der Waals surface area contributed by atoms with Crippen LogP contribution in [-0.2, 0) is 25.7 Å². The van der Waals surface area contributed by atoms with Gasteiger partial charge in [0.05, 0.1) is 13.2 Å². The number of fused-ring (bicyclic) bond motifs is 5. The Balaban J connectivity index is 1.17. The van der Waals surface area contributed by atoms with E-state index in [4.69, 9.17) is 9.47 Å². The van der Waals surface area contributed by atoms with E-state index in [1.807, 2.05) is 30.3 Å². The summed E-state index contributed by atoms with van der Waals surface area (Å²) in [6.07, 6.45) is 10.9. The molecule has 5 rings (SSSR count). The highest BCUT2D eigenvalue weighted by Crippen LogP contribution is 2.64. The van der Waals surface area contributed by atoms with Crippen molar-refractivity contribution in [2.24, 2.45) is 34.5 Å². The van der Waals surface area contributed by atoms with Crippen LogP contribution in [0.25, 0.3) is 0 Å². The molecule has 1 amide bonds. The molecular weight excluding hydrogens is 414 g/mol. The minimum absolute atomic E-state index is 0.00422. The molecule has 1 heterocycles. The van der Waals surface area contributed by atoms with Gasteiger partial charge in [-0.05, 0) is 79.3 Å². The van der Waals surface area contributed by atoms with Gasteiger partial charge in [-0.2, -0.15) is 0 Å². The van der Waals surface area contributed by atoms with Gasteiger partial charge in [0, 0.05) is 11.5 Å². The summed E-state index contributed by atoms with van der Waals surface area (Å²) >= 11 is 0. The Morgan fingerprint density at radius 2 is 1.88 bits per heavy atom. The van der Waals surface area contributed by atoms with Gasteiger partial charge in [-0.1, -0.05) is 50.3 Å². The highest BCUT2D eigenvalue weighted by atomic mass is 16.6. The maximum Gasteiger partial charge on any atom is 0.332 e. The van der Waals surface area contributed by atoms with Crippen LogP contribution in [0.5, 0.6) is 0 Å². The molecule has 178 valence electrons. The van der Waals surface area contributed by atoms with Gasteiger partial charge in [0.2, 0.25) is 5.91 Å². The second-order valence-electron chi connectivity index (χ2n) is 11.2. The van der Waals surface area contributed by atoms with Crippen molar-refractivity contribution in [1.82, 2.24) is 5.32 Å². The first kappa shape index (κ1) is 22.6. The van der Waals surface area contributed by atoms with Crippen LogP contribution in [0, 0.1) is 34.5 Å². The Hall–Kier alpha value is -2.14. The van der Waals surface area contributed by atoms with Crippen molar-refractivity contribution in [3.63, 3.8) is 0 Å². The molecule has 3 saturated carbocycles. The summed E-state index contributed by atoms with van der Waals surface area (Å²) < 4.78 is 11.3. The molecule has 5 nitrogen and oxygen atoms in total. The highest BCUT2D eigenvalue weighted by molar-refractivity contribution is 5.89. The highest BCUT2D eigenvalue weighted by Gasteiger charge is 2.59. The Morgan fingerprint density at radius 3 is 2.70 bits per heavy atom. The molecule has 1 aliphatic heterocycles. The number of esters is 1. The van der Waals surface area contributed by atoms with Gasteiger partial charge in [-0.3, -0.25) is 4.79 Å². The fraction of sp³-hybridized carbons (Fsp3) is 0.643. The molecule has 3 aliphatic carbocycles. The third-order valence-corrected chi connectivity index (χ3v) is 9.66. The Kier molecular flexibility index (Phi) is 6.11. The van der Waals surface area contributed by atoms with Gasteiger partial charge in [0.1, 0.15) is 6.61 Å². The molecule has 0 aromatic heterocycles. The van der Waals surface area contributed by atoms with E-state index >= 15 is 0 Å². The lowest BCUT2D eigenvalue weighted by Gasteiger charge is -2.58. The quantitative estimate of drug-likeness (QED) is 0.639. The van der Waals surface area contributed by atoms with Crippen LogP contribution in [0.3, 0.4) is 0 Å². The van der Waals surface area contributed by atoms with Crippen LogP contribution in [0.15, 0.2) is 42.5 Å². The van der Waals surface area contributed by atoms with E-state index in [0.717, 1.165) is 18.4 Å². The number of hydrogen-bond acceptors (Lipinski definition) is 4. The number of benzene rings is 1. The van der Waals surface area contributed by atoms with Gasteiger partial charge in [0.25, 0.3) is 0 Å². The fourth-order valence-electron chi connectivity index (χ4n) is 7.78. The van der Waals surface area contributed by atoms with E-state index in [1.54, 1.807) is 6.08 Å². The Labute approximate surface area is 197 Å². The predicted octanol–water partition coefficient (Wildman–Crippen LogP) is 4.66. The van der Waals surface area contributed by atoms with E-state index in [-0.39, 0.29) is 35.4 Å². The molecule has 1 N–H and O–H groups in total. The normalized spacial score (nSPS) is 39.2. The second kappa shape index (κ2) is 8.90. The van der Waals surface area contributed by atoms with E-state index in [0.29, 0.717) is 36.9 Å².